The minimum Gasteiger partial charge on any atom is -0.322 e. The lowest BCUT2D eigenvalue weighted by molar-refractivity contribution is -0.136. The van der Waals surface area contributed by atoms with Gasteiger partial charge < -0.3 is 15.5 Å². The SMILES string of the molecule is CCN[C@H](C)CNCc1cccc2c1CN(C1CCC(=O)NC1=O)C2=O. The summed E-state index contributed by atoms with van der Waals surface area (Å²) in [5, 5.41) is 9.11. The normalized spacial score (nSPS) is 20.9. The topological polar surface area (TPSA) is 90.5 Å². The van der Waals surface area contributed by atoms with Gasteiger partial charge in [0.15, 0.2) is 0 Å². The van der Waals surface area contributed by atoms with Gasteiger partial charge in [-0.1, -0.05) is 19.1 Å². The maximum absolute atomic E-state index is 12.8. The number of hydrogen-bond acceptors (Lipinski definition) is 5. The number of carbonyl (C=O) groups is 3. The molecule has 0 aromatic heterocycles. The van der Waals surface area contributed by atoms with E-state index in [9.17, 15) is 14.4 Å². The largest absolute Gasteiger partial charge is 0.322 e. The molecule has 1 saturated heterocycles. The number of benzene rings is 1. The smallest absolute Gasteiger partial charge is 0.255 e. The fourth-order valence-corrected chi connectivity index (χ4v) is 3.66. The highest BCUT2D eigenvalue weighted by molar-refractivity contribution is 6.05. The molecule has 2 heterocycles. The summed E-state index contributed by atoms with van der Waals surface area (Å²) in [6.45, 7) is 7.06. The van der Waals surface area contributed by atoms with Crippen LogP contribution in [-0.2, 0) is 22.7 Å². The van der Waals surface area contributed by atoms with E-state index in [1.807, 2.05) is 18.2 Å². The Morgan fingerprint density at radius 3 is 2.85 bits per heavy atom. The third-order valence-electron chi connectivity index (χ3n) is 5.00. The molecule has 0 radical (unpaired) electrons. The van der Waals surface area contributed by atoms with E-state index >= 15 is 0 Å². The van der Waals surface area contributed by atoms with Gasteiger partial charge in [0.2, 0.25) is 11.8 Å². The van der Waals surface area contributed by atoms with Crippen molar-refractivity contribution < 1.29 is 14.4 Å². The standard InChI is InChI=1S/C19H26N4O3/c1-3-21-12(2)9-20-10-13-5-4-6-14-15(13)11-23(19(14)26)16-7-8-17(24)22-18(16)25/h4-6,12,16,20-21H,3,7-11H2,1-2H3,(H,22,24,25)/t12-,16?/m1/s1. The number of fused-ring (bicyclic) bond motifs is 1. The lowest BCUT2D eigenvalue weighted by Gasteiger charge is -2.29. The molecule has 3 N–H and O–H groups in total. The molecule has 1 aromatic carbocycles. The zero-order valence-corrected chi connectivity index (χ0v) is 15.3. The molecule has 1 fully saturated rings. The molecule has 1 unspecified atom stereocenters. The number of imide groups is 1. The van der Waals surface area contributed by atoms with Crippen molar-refractivity contribution in [1.29, 1.82) is 0 Å². The van der Waals surface area contributed by atoms with Crippen LogP contribution < -0.4 is 16.0 Å². The molecule has 0 aliphatic carbocycles. The monoisotopic (exact) mass is 358 g/mol. The Kier molecular flexibility index (Phi) is 5.68. The fourth-order valence-electron chi connectivity index (χ4n) is 3.66. The van der Waals surface area contributed by atoms with Gasteiger partial charge in [0.1, 0.15) is 6.04 Å². The molecule has 3 rings (SSSR count). The molecular weight excluding hydrogens is 332 g/mol. The highest BCUT2D eigenvalue weighted by Gasteiger charge is 2.39. The second-order valence-corrected chi connectivity index (χ2v) is 6.93. The molecule has 1 aromatic rings. The van der Waals surface area contributed by atoms with E-state index in [0.717, 1.165) is 24.2 Å². The van der Waals surface area contributed by atoms with Gasteiger partial charge in [0, 0.05) is 37.7 Å². The van der Waals surface area contributed by atoms with Gasteiger partial charge in [0.25, 0.3) is 5.91 Å². The second-order valence-electron chi connectivity index (χ2n) is 6.93. The first-order valence-corrected chi connectivity index (χ1v) is 9.20. The molecule has 2 atom stereocenters. The van der Waals surface area contributed by atoms with Crippen molar-refractivity contribution in [3.63, 3.8) is 0 Å². The maximum atomic E-state index is 12.8. The van der Waals surface area contributed by atoms with Crippen LogP contribution in [0.3, 0.4) is 0 Å². The number of carbonyl (C=O) groups excluding carboxylic acids is 3. The van der Waals surface area contributed by atoms with E-state index in [-0.39, 0.29) is 24.1 Å². The molecule has 140 valence electrons. The van der Waals surface area contributed by atoms with Crippen LogP contribution in [-0.4, -0.2) is 47.8 Å². The average Bonchev–Trinajstić information content (AvgIpc) is 2.93. The lowest BCUT2D eigenvalue weighted by atomic mass is 10.0. The molecular formula is C19H26N4O3. The van der Waals surface area contributed by atoms with Crippen LogP contribution in [0.15, 0.2) is 18.2 Å². The minimum absolute atomic E-state index is 0.127. The molecule has 7 heteroatoms. The van der Waals surface area contributed by atoms with Crippen molar-refractivity contribution in [3.8, 4) is 0 Å². The van der Waals surface area contributed by atoms with Crippen LogP contribution in [0, 0.1) is 0 Å². The Balaban J connectivity index is 1.69. The van der Waals surface area contributed by atoms with E-state index in [4.69, 9.17) is 0 Å². The zero-order valence-electron chi connectivity index (χ0n) is 15.3. The van der Waals surface area contributed by atoms with E-state index in [1.165, 1.54) is 0 Å². The number of nitrogens with zero attached hydrogens (tertiary/aromatic N) is 1. The van der Waals surface area contributed by atoms with E-state index in [1.54, 1.807) is 4.90 Å². The predicted octanol–water partition coefficient (Wildman–Crippen LogP) is 0.535. The minimum atomic E-state index is -0.567. The van der Waals surface area contributed by atoms with E-state index < -0.39 is 6.04 Å². The predicted molar refractivity (Wildman–Crippen MR) is 97.3 cm³/mol. The fraction of sp³-hybridized carbons (Fsp3) is 0.526. The third kappa shape index (κ3) is 3.78. The molecule has 0 spiro atoms. The summed E-state index contributed by atoms with van der Waals surface area (Å²) in [6.07, 6.45) is 0.658. The first kappa shape index (κ1) is 18.5. The molecule has 0 bridgehead atoms. The highest BCUT2D eigenvalue weighted by atomic mass is 16.2. The van der Waals surface area contributed by atoms with Crippen molar-refractivity contribution in [2.75, 3.05) is 13.1 Å². The first-order valence-electron chi connectivity index (χ1n) is 9.20. The number of hydrogen-bond donors (Lipinski definition) is 3. The third-order valence-corrected chi connectivity index (χ3v) is 5.00. The van der Waals surface area contributed by atoms with Crippen molar-refractivity contribution in [3.05, 3.63) is 34.9 Å². The van der Waals surface area contributed by atoms with Crippen LogP contribution in [0.2, 0.25) is 0 Å². The number of likely N-dealkylation sites (N-methyl/N-ethyl adjacent to an activating group) is 1. The Morgan fingerprint density at radius 2 is 2.12 bits per heavy atom. The summed E-state index contributed by atoms with van der Waals surface area (Å²) in [6, 6.07) is 5.52. The van der Waals surface area contributed by atoms with Gasteiger partial charge in [-0.15, -0.1) is 0 Å². The quantitative estimate of drug-likeness (QED) is 0.619. The summed E-state index contributed by atoms with van der Waals surface area (Å²) < 4.78 is 0. The van der Waals surface area contributed by atoms with Gasteiger partial charge in [-0.25, -0.2) is 0 Å². The Hall–Kier alpha value is -2.25. The van der Waals surface area contributed by atoms with Gasteiger partial charge >= 0.3 is 0 Å². The number of piperidine rings is 1. The van der Waals surface area contributed by atoms with Crippen LogP contribution >= 0.6 is 0 Å². The molecule has 2 aliphatic rings. The molecule has 2 aliphatic heterocycles. The Morgan fingerprint density at radius 1 is 1.31 bits per heavy atom. The molecule has 0 saturated carbocycles. The van der Waals surface area contributed by atoms with Crippen molar-refractivity contribution in [2.45, 2.75) is 51.9 Å². The lowest BCUT2D eigenvalue weighted by Crippen LogP contribution is -2.52. The highest BCUT2D eigenvalue weighted by Crippen LogP contribution is 2.29. The number of amides is 3. The first-order chi connectivity index (χ1) is 12.5. The van der Waals surface area contributed by atoms with Gasteiger partial charge in [0.05, 0.1) is 0 Å². The van der Waals surface area contributed by atoms with Crippen molar-refractivity contribution >= 4 is 17.7 Å². The maximum Gasteiger partial charge on any atom is 0.255 e. The Labute approximate surface area is 153 Å². The van der Waals surface area contributed by atoms with Gasteiger partial charge in [-0.05, 0) is 37.1 Å². The number of nitrogens with one attached hydrogen (secondary N) is 3. The van der Waals surface area contributed by atoms with Crippen LogP contribution in [0.4, 0.5) is 0 Å². The average molecular weight is 358 g/mol. The molecule has 26 heavy (non-hydrogen) atoms. The second kappa shape index (κ2) is 7.97. The van der Waals surface area contributed by atoms with Crippen molar-refractivity contribution in [1.82, 2.24) is 20.9 Å². The van der Waals surface area contributed by atoms with Crippen LogP contribution in [0.1, 0.15) is 48.2 Å². The molecule has 7 nitrogen and oxygen atoms in total. The Bertz CT molecular complexity index is 719. The van der Waals surface area contributed by atoms with Crippen LogP contribution in [0.25, 0.3) is 0 Å². The summed E-state index contributed by atoms with van der Waals surface area (Å²) in [4.78, 5) is 37.9. The summed E-state index contributed by atoms with van der Waals surface area (Å²) in [7, 11) is 0. The van der Waals surface area contributed by atoms with E-state index in [0.29, 0.717) is 31.1 Å². The summed E-state index contributed by atoms with van der Waals surface area (Å²) in [5.74, 6) is -0.769. The van der Waals surface area contributed by atoms with E-state index in [2.05, 4.69) is 29.8 Å². The summed E-state index contributed by atoms with van der Waals surface area (Å²) in [5.41, 5.74) is 2.72. The number of rotatable bonds is 7. The van der Waals surface area contributed by atoms with Crippen molar-refractivity contribution in [2.24, 2.45) is 0 Å². The summed E-state index contributed by atoms with van der Waals surface area (Å²) >= 11 is 0. The zero-order chi connectivity index (χ0) is 18.7. The van der Waals surface area contributed by atoms with Gasteiger partial charge in [-0.2, -0.15) is 0 Å². The van der Waals surface area contributed by atoms with Crippen LogP contribution in [0.5, 0.6) is 0 Å². The van der Waals surface area contributed by atoms with Gasteiger partial charge in [-0.3, -0.25) is 19.7 Å². The molecule has 3 amide bonds.